The van der Waals surface area contributed by atoms with E-state index in [9.17, 15) is 8.42 Å². The summed E-state index contributed by atoms with van der Waals surface area (Å²) in [7, 11) is -3.66. The zero-order chi connectivity index (χ0) is 14.8. The Balaban J connectivity index is 2.16. The van der Waals surface area contributed by atoms with Crippen LogP contribution in [-0.4, -0.2) is 8.42 Å². The Labute approximate surface area is 127 Å². The molecule has 0 fully saturated rings. The van der Waals surface area contributed by atoms with Crippen LogP contribution in [0.3, 0.4) is 0 Å². The lowest BCUT2D eigenvalue weighted by Crippen LogP contribution is -2.23. The van der Waals surface area contributed by atoms with Gasteiger partial charge in [0.1, 0.15) is 0 Å². The molecule has 0 aliphatic heterocycles. The van der Waals surface area contributed by atoms with Crippen molar-refractivity contribution < 1.29 is 8.42 Å². The maximum Gasteiger partial charge on any atom is 0.240 e. The van der Waals surface area contributed by atoms with Gasteiger partial charge < -0.3 is 5.73 Å². The van der Waals surface area contributed by atoms with Gasteiger partial charge in [0.05, 0.1) is 4.90 Å². The number of sulfonamides is 1. The first-order valence-corrected chi connectivity index (χ1v) is 7.91. The van der Waals surface area contributed by atoms with Crippen molar-refractivity contribution >= 4 is 38.9 Å². The third-order valence-electron chi connectivity index (χ3n) is 2.59. The Morgan fingerprint density at radius 1 is 1.00 bits per heavy atom. The predicted octanol–water partition coefficient (Wildman–Crippen LogP) is 3.05. The van der Waals surface area contributed by atoms with Gasteiger partial charge in [0.25, 0.3) is 0 Å². The Kier molecular flexibility index (Phi) is 4.55. The molecule has 106 valence electrons. The Hall–Kier alpha value is -1.27. The topological polar surface area (TPSA) is 72.2 Å². The van der Waals surface area contributed by atoms with Crippen LogP contribution in [0.5, 0.6) is 0 Å². The number of anilines is 1. The molecule has 2 aromatic rings. The van der Waals surface area contributed by atoms with Gasteiger partial charge in [0, 0.05) is 22.3 Å². The minimum absolute atomic E-state index is 0.0328. The van der Waals surface area contributed by atoms with Crippen molar-refractivity contribution in [1.82, 2.24) is 4.72 Å². The van der Waals surface area contributed by atoms with Crippen LogP contribution in [0.15, 0.2) is 47.4 Å². The van der Waals surface area contributed by atoms with Gasteiger partial charge >= 0.3 is 0 Å². The number of nitrogens with two attached hydrogens (primary N) is 1. The third kappa shape index (κ3) is 3.86. The van der Waals surface area contributed by atoms with Gasteiger partial charge in [-0.15, -0.1) is 0 Å². The Bertz CT molecular complexity index is 695. The fourth-order valence-corrected chi connectivity index (χ4v) is 3.32. The number of nitrogens with one attached hydrogen (secondary N) is 1. The number of halogens is 2. The molecule has 0 spiro atoms. The molecular formula is C13H12Cl2N2O2S. The van der Waals surface area contributed by atoms with Crippen LogP contribution in [-0.2, 0) is 16.6 Å². The zero-order valence-electron chi connectivity index (χ0n) is 10.3. The molecule has 20 heavy (non-hydrogen) atoms. The van der Waals surface area contributed by atoms with E-state index in [1.54, 1.807) is 24.3 Å². The van der Waals surface area contributed by atoms with Crippen molar-refractivity contribution in [3.8, 4) is 0 Å². The van der Waals surface area contributed by atoms with E-state index in [0.29, 0.717) is 5.69 Å². The first kappa shape index (κ1) is 15.1. The fraction of sp³-hybridized carbons (Fsp3) is 0.0769. The summed E-state index contributed by atoms with van der Waals surface area (Å²) in [5.74, 6) is 0. The molecule has 0 unspecified atom stereocenters. The average molecular weight is 331 g/mol. The monoisotopic (exact) mass is 330 g/mol. The highest BCUT2D eigenvalue weighted by atomic mass is 35.5. The van der Waals surface area contributed by atoms with E-state index in [1.165, 1.54) is 18.2 Å². The maximum absolute atomic E-state index is 12.1. The summed E-state index contributed by atoms with van der Waals surface area (Å²) in [4.78, 5) is 0.0328. The summed E-state index contributed by atoms with van der Waals surface area (Å²) in [6.07, 6.45) is 0. The molecular weight excluding hydrogens is 319 g/mol. The molecule has 0 saturated carbocycles. The predicted molar refractivity (Wildman–Crippen MR) is 81.3 cm³/mol. The van der Waals surface area contributed by atoms with E-state index in [1.807, 2.05) is 0 Å². The van der Waals surface area contributed by atoms with Crippen molar-refractivity contribution in [2.75, 3.05) is 5.73 Å². The van der Waals surface area contributed by atoms with Gasteiger partial charge in [-0.3, -0.25) is 0 Å². The van der Waals surface area contributed by atoms with E-state index in [4.69, 9.17) is 28.9 Å². The standard InChI is InChI=1S/C13H12Cl2N2O2S/c14-10-5-11(15)7-13(6-10)20(18,19)17-8-9-1-3-12(16)4-2-9/h1-7,17H,8,16H2. The minimum atomic E-state index is -3.66. The second-order valence-electron chi connectivity index (χ2n) is 4.17. The number of hydrogen-bond acceptors (Lipinski definition) is 3. The largest absolute Gasteiger partial charge is 0.399 e. The van der Waals surface area contributed by atoms with Gasteiger partial charge in [-0.1, -0.05) is 35.3 Å². The van der Waals surface area contributed by atoms with Gasteiger partial charge in [-0.25, -0.2) is 13.1 Å². The number of hydrogen-bond donors (Lipinski definition) is 2. The number of nitrogen functional groups attached to an aromatic ring is 1. The first-order chi connectivity index (χ1) is 9.37. The molecule has 0 saturated heterocycles. The van der Waals surface area contributed by atoms with Gasteiger partial charge in [0.15, 0.2) is 0 Å². The van der Waals surface area contributed by atoms with Crippen LogP contribution in [0.25, 0.3) is 0 Å². The second-order valence-corrected chi connectivity index (χ2v) is 6.81. The minimum Gasteiger partial charge on any atom is -0.399 e. The van der Waals surface area contributed by atoms with Crippen molar-refractivity contribution in [1.29, 1.82) is 0 Å². The fourth-order valence-electron chi connectivity index (χ4n) is 1.58. The van der Waals surface area contributed by atoms with Crippen LogP contribution in [0.1, 0.15) is 5.56 Å². The molecule has 2 rings (SSSR count). The lowest BCUT2D eigenvalue weighted by atomic mass is 10.2. The van der Waals surface area contributed by atoms with Crippen LogP contribution in [0.4, 0.5) is 5.69 Å². The molecule has 7 heteroatoms. The average Bonchev–Trinajstić information content (AvgIpc) is 2.37. The summed E-state index contributed by atoms with van der Waals surface area (Å²) >= 11 is 11.6. The van der Waals surface area contributed by atoms with Crippen LogP contribution >= 0.6 is 23.2 Å². The van der Waals surface area contributed by atoms with Gasteiger partial charge in [0.2, 0.25) is 10.0 Å². The summed E-state index contributed by atoms with van der Waals surface area (Å²) in [6.45, 7) is 0.159. The van der Waals surface area contributed by atoms with E-state index in [-0.39, 0.29) is 21.5 Å². The molecule has 0 atom stereocenters. The quantitative estimate of drug-likeness (QED) is 0.846. The summed E-state index contributed by atoms with van der Waals surface area (Å²) in [6, 6.07) is 11.1. The molecule has 3 N–H and O–H groups in total. The molecule has 0 aliphatic carbocycles. The molecule has 0 aromatic heterocycles. The summed E-state index contributed by atoms with van der Waals surface area (Å²) in [5.41, 5.74) is 6.99. The molecule has 0 bridgehead atoms. The Morgan fingerprint density at radius 2 is 1.55 bits per heavy atom. The molecule has 4 nitrogen and oxygen atoms in total. The highest BCUT2D eigenvalue weighted by Crippen LogP contribution is 2.22. The first-order valence-electron chi connectivity index (χ1n) is 5.67. The van der Waals surface area contributed by atoms with E-state index in [2.05, 4.69) is 4.72 Å². The van der Waals surface area contributed by atoms with Gasteiger partial charge in [-0.2, -0.15) is 0 Å². The van der Waals surface area contributed by atoms with Crippen LogP contribution < -0.4 is 10.5 Å². The number of benzene rings is 2. The third-order valence-corrected chi connectivity index (χ3v) is 4.41. The SMILES string of the molecule is Nc1ccc(CNS(=O)(=O)c2cc(Cl)cc(Cl)c2)cc1. The molecule has 2 aromatic carbocycles. The summed E-state index contributed by atoms with van der Waals surface area (Å²) in [5, 5.41) is 0.538. The Morgan fingerprint density at radius 3 is 2.10 bits per heavy atom. The maximum atomic E-state index is 12.1. The molecule has 0 amide bonds. The number of rotatable bonds is 4. The zero-order valence-corrected chi connectivity index (χ0v) is 12.6. The lowest BCUT2D eigenvalue weighted by molar-refractivity contribution is 0.581. The molecule has 0 aliphatic rings. The smallest absolute Gasteiger partial charge is 0.240 e. The van der Waals surface area contributed by atoms with Crippen molar-refractivity contribution in [3.63, 3.8) is 0 Å². The van der Waals surface area contributed by atoms with E-state index >= 15 is 0 Å². The van der Waals surface area contributed by atoms with E-state index in [0.717, 1.165) is 5.56 Å². The normalized spacial score (nSPS) is 11.5. The second kappa shape index (κ2) is 6.01. The van der Waals surface area contributed by atoms with Crippen LogP contribution in [0, 0.1) is 0 Å². The molecule has 0 heterocycles. The van der Waals surface area contributed by atoms with E-state index < -0.39 is 10.0 Å². The van der Waals surface area contributed by atoms with Crippen LogP contribution in [0.2, 0.25) is 10.0 Å². The summed E-state index contributed by atoms with van der Waals surface area (Å²) < 4.78 is 26.7. The highest BCUT2D eigenvalue weighted by molar-refractivity contribution is 7.89. The van der Waals surface area contributed by atoms with Gasteiger partial charge in [-0.05, 0) is 35.9 Å². The highest BCUT2D eigenvalue weighted by Gasteiger charge is 2.15. The lowest BCUT2D eigenvalue weighted by Gasteiger charge is -2.08. The molecule has 0 radical (unpaired) electrons. The van der Waals surface area contributed by atoms with Crippen molar-refractivity contribution in [2.45, 2.75) is 11.4 Å². The van der Waals surface area contributed by atoms with Crippen molar-refractivity contribution in [2.24, 2.45) is 0 Å². The van der Waals surface area contributed by atoms with Crippen molar-refractivity contribution in [3.05, 3.63) is 58.1 Å².